The van der Waals surface area contributed by atoms with Crippen LogP contribution in [0.15, 0.2) is 53.7 Å². The molecule has 0 radical (unpaired) electrons. The maximum Gasteiger partial charge on any atom is 0.339 e. The number of carbonyl (C=O) groups excluding carboxylic acids is 2. The van der Waals surface area contributed by atoms with Crippen molar-refractivity contribution in [2.24, 2.45) is 5.14 Å². The lowest BCUT2D eigenvalue weighted by molar-refractivity contribution is -0.605. The lowest BCUT2D eigenvalue weighted by Crippen LogP contribution is -2.30. The van der Waals surface area contributed by atoms with Gasteiger partial charge in [-0.2, -0.15) is 4.73 Å². The third-order valence-corrected chi connectivity index (χ3v) is 4.29. The van der Waals surface area contributed by atoms with E-state index in [-0.39, 0.29) is 17.0 Å². The number of benzene rings is 1. The minimum absolute atomic E-state index is 0.0145. The molecular weight excluding hydrogens is 362 g/mol. The Hall–Kier alpha value is -2.98. The maximum absolute atomic E-state index is 11.7. The summed E-state index contributed by atoms with van der Waals surface area (Å²) in [4.78, 5) is 23.4. The zero-order valence-electron chi connectivity index (χ0n) is 13.6. The molecule has 9 nitrogen and oxygen atoms in total. The van der Waals surface area contributed by atoms with Crippen LogP contribution in [0.4, 0.5) is 0 Å². The Bertz CT molecular complexity index is 879. The number of nitrogens with two attached hydrogens (primary N) is 1. The number of sulfonamides is 1. The van der Waals surface area contributed by atoms with Crippen LogP contribution in [-0.4, -0.2) is 33.4 Å². The van der Waals surface area contributed by atoms with Crippen molar-refractivity contribution < 1.29 is 27.5 Å². The number of carbonyl (C=O) groups is 2. The normalized spacial score (nSPS) is 11.0. The van der Waals surface area contributed by atoms with Crippen molar-refractivity contribution >= 4 is 21.9 Å². The first-order chi connectivity index (χ1) is 12.3. The first kappa shape index (κ1) is 19.3. The summed E-state index contributed by atoms with van der Waals surface area (Å²) in [6.45, 7) is -0.165. The topological polar surface area (TPSA) is 142 Å². The molecule has 1 aromatic carbocycles. The molecule has 2 rings (SSSR count). The summed E-state index contributed by atoms with van der Waals surface area (Å²) in [7, 11) is -3.73. The quantitative estimate of drug-likeness (QED) is 0.377. The third-order valence-electron chi connectivity index (χ3n) is 3.36. The Morgan fingerprint density at radius 3 is 2.31 bits per heavy atom. The molecule has 0 spiro atoms. The zero-order valence-corrected chi connectivity index (χ0v) is 14.4. The Balaban J connectivity index is 1.73. The second-order valence-corrected chi connectivity index (χ2v) is 6.87. The molecule has 1 amide bonds. The van der Waals surface area contributed by atoms with Gasteiger partial charge in [0.05, 0.1) is 10.5 Å². The van der Waals surface area contributed by atoms with Gasteiger partial charge in [-0.15, -0.1) is 0 Å². The Kier molecular flexibility index (Phi) is 6.26. The van der Waals surface area contributed by atoms with Gasteiger partial charge in [-0.3, -0.25) is 4.79 Å². The highest BCUT2D eigenvalue weighted by molar-refractivity contribution is 7.89. The van der Waals surface area contributed by atoms with E-state index in [0.29, 0.717) is 11.2 Å². The van der Waals surface area contributed by atoms with E-state index in [2.05, 4.69) is 5.32 Å². The van der Waals surface area contributed by atoms with Crippen molar-refractivity contribution in [3.05, 3.63) is 65.1 Å². The molecule has 0 saturated carbocycles. The van der Waals surface area contributed by atoms with Gasteiger partial charge in [0.1, 0.15) is 0 Å². The molecule has 0 bridgehead atoms. The van der Waals surface area contributed by atoms with Gasteiger partial charge in [0.15, 0.2) is 19.0 Å². The van der Waals surface area contributed by atoms with E-state index in [1.807, 2.05) is 0 Å². The number of hydrogen-bond acceptors (Lipinski definition) is 6. The summed E-state index contributed by atoms with van der Waals surface area (Å²) < 4.78 is 27.7. The van der Waals surface area contributed by atoms with Crippen LogP contribution in [0.2, 0.25) is 0 Å². The largest absolute Gasteiger partial charge is 0.619 e. The fourth-order valence-corrected chi connectivity index (χ4v) is 2.52. The third kappa shape index (κ3) is 5.83. The van der Waals surface area contributed by atoms with E-state index in [1.165, 1.54) is 24.3 Å². The van der Waals surface area contributed by atoms with Gasteiger partial charge in [0.2, 0.25) is 10.0 Å². The molecule has 0 saturated heterocycles. The van der Waals surface area contributed by atoms with Gasteiger partial charge in [-0.05, 0) is 24.1 Å². The molecule has 10 heteroatoms. The summed E-state index contributed by atoms with van der Waals surface area (Å²) in [5, 5.41) is 18.5. The smallest absolute Gasteiger partial charge is 0.339 e. The summed E-state index contributed by atoms with van der Waals surface area (Å²) in [6, 6.07) is 8.56. The molecule has 1 heterocycles. The average molecular weight is 379 g/mol. The van der Waals surface area contributed by atoms with Crippen LogP contribution in [0, 0.1) is 5.21 Å². The Labute approximate surface area is 150 Å². The predicted molar refractivity (Wildman–Crippen MR) is 90.2 cm³/mol. The minimum atomic E-state index is -3.73. The van der Waals surface area contributed by atoms with Crippen molar-refractivity contribution in [1.82, 2.24) is 5.32 Å². The van der Waals surface area contributed by atoms with E-state index < -0.39 is 28.5 Å². The highest BCUT2D eigenvalue weighted by Gasteiger charge is 2.11. The monoisotopic (exact) mass is 379 g/mol. The van der Waals surface area contributed by atoms with Crippen molar-refractivity contribution in [3.63, 3.8) is 0 Å². The fraction of sp³-hybridized carbons (Fsp3) is 0.188. The van der Waals surface area contributed by atoms with E-state index >= 15 is 0 Å². The average Bonchev–Trinajstić information content (AvgIpc) is 2.60. The number of rotatable bonds is 7. The molecule has 0 unspecified atom stereocenters. The molecule has 0 aliphatic rings. The summed E-state index contributed by atoms with van der Waals surface area (Å²) in [6.07, 6.45) is 2.77. The van der Waals surface area contributed by atoms with Gasteiger partial charge in [-0.1, -0.05) is 12.1 Å². The lowest BCUT2D eigenvalue weighted by atomic mass is 10.1. The van der Waals surface area contributed by atoms with Gasteiger partial charge < -0.3 is 15.3 Å². The molecular formula is C16H17N3O6S. The van der Waals surface area contributed by atoms with E-state index in [1.54, 1.807) is 12.1 Å². The number of amides is 1. The van der Waals surface area contributed by atoms with Crippen LogP contribution >= 0.6 is 0 Å². The number of nitrogens with zero attached hydrogens (tertiary/aromatic N) is 1. The number of pyridine rings is 1. The lowest BCUT2D eigenvalue weighted by Gasteiger charge is -2.07. The second kappa shape index (κ2) is 8.41. The van der Waals surface area contributed by atoms with E-state index in [9.17, 15) is 23.2 Å². The molecule has 0 aliphatic carbocycles. The van der Waals surface area contributed by atoms with E-state index in [4.69, 9.17) is 9.88 Å². The van der Waals surface area contributed by atoms with Gasteiger partial charge in [0, 0.05) is 18.7 Å². The van der Waals surface area contributed by atoms with Crippen LogP contribution in [-0.2, 0) is 26.0 Å². The molecule has 0 aliphatic heterocycles. The molecule has 1 aromatic heterocycles. The van der Waals surface area contributed by atoms with Crippen LogP contribution in [0.3, 0.4) is 0 Å². The maximum atomic E-state index is 11.7. The van der Waals surface area contributed by atoms with E-state index in [0.717, 1.165) is 18.0 Å². The molecule has 2 aromatic rings. The number of esters is 1. The molecule has 26 heavy (non-hydrogen) atoms. The Morgan fingerprint density at radius 2 is 1.73 bits per heavy atom. The van der Waals surface area contributed by atoms with Gasteiger partial charge in [0.25, 0.3) is 5.91 Å². The highest BCUT2D eigenvalue weighted by atomic mass is 32.2. The predicted octanol–water partition coefficient (Wildman–Crippen LogP) is -0.517. The van der Waals surface area contributed by atoms with Crippen molar-refractivity contribution in [2.75, 3.05) is 13.2 Å². The number of aromatic nitrogens is 1. The first-order valence-electron chi connectivity index (χ1n) is 7.50. The highest BCUT2D eigenvalue weighted by Crippen LogP contribution is 2.08. The number of primary sulfonamides is 1. The van der Waals surface area contributed by atoms with Crippen molar-refractivity contribution in [2.45, 2.75) is 11.3 Å². The van der Waals surface area contributed by atoms with Crippen molar-refractivity contribution in [1.29, 1.82) is 0 Å². The van der Waals surface area contributed by atoms with Crippen LogP contribution in [0.1, 0.15) is 15.9 Å². The minimum Gasteiger partial charge on any atom is -0.619 e. The second-order valence-electron chi connectivity index (χ2n) is 5.31. The summed E-state index contributed by atoms with van der Waals surface area (Å²) in [5.74, 6) is -1.19. The standard InChI is InChI=1S/C16H17N3O6S/c17-26(23,24)14-3-1-12(2-4-14)5-8-18-15(20)11-25-16(21)13-6-9-19(22)10-7-13/h1-4,6-7,9-10H,5,8,11H2,(H,18,20)(H2,17,23,24). The molecule has 3 N–H and O–H groups in total. The summed E-state index contributed by atoms with van der Waals surface area (Å²) in [5.41, 5.74) is 0.977. The number of hydrogen-bond donors (Lipinski definition) is 2. The SMILES string of the molecule is NS(=O)(=O)c1ccc(CCNC(=O)COC(=O)c2cc[n+]([O-])cc2)cc1. The zero-order chi connectivity index (χ0) is 19.2. The molecule has 0 atom stereocenters. The molecule has 138 valence electrons. The number of nitrogens with one attached hydrogen (secondary N) is 1. The summed E-state index contributed by atoms with van der Waals surface area (Å²) >= 11 is 0. The molecule has 0 fully saturated rings. The van der Waals surface area contributed by atoms with Crippen LogP contribution in [0.25, 0.3) is 0 Å². The van der Waals surface area contributed by atoms with Crippen LogP contribution in [0.5, 0.6) is 0 Å². The fourth-order valence-electron chi connectivity index (χ4n) is 2.01. The number of ether oxygens (including phenoxy) is 1. The van der Waals surface area contributed by atoms with Gasteiger partial charge >= 0.3 is 5.97 Å². The Morgan fingerprint density at radius 1 is 1.12 bits per heavy atom. The van der Waals surface area contributed by atoms with Crippen LogP contribution < -0.4 is 15.2 Å². The van der Waals surface area contributed by atoms with Gasteiger partial charge in [-0.25, -0.2) is 18.4 Å². The van der Waals surface area contributed by atoms with Crippen molar-refractivity contribution in [3.8, 4) is 0 Å². The first-order valence-corrected chi connectivity index (χ1v) is 9.05.